The number of rotatable bonds is 3. The highest BCUT2D eigenvalue weighted by Gasteiger charge is 2.04. The van der Waals surface area contributed by atoms with Gasteiger partial charge in [-0.3, -0.25) is 0 Å². The average Bonchev–Trinajstić information content (AvgIpc) is 2.30. The molecule has 1 aromatic heterocycles. The molecule has 16 heavy (non-hydrogen) atoms. The summed E-state index contributed by atoms with van der Waals surface area (Å²) in [5, 5.41) is 0. The monoisotopic (exact) mass is 214 g/mol. The molecule has 2 N–H and O–H groups in total. The van der Waals surface area contributed by atoms with Crippen LogP contribution in [0.5, 0.6) is 0 Å². The fraction of sp³-hybridized carbons (Fsp3) is 0.250. The zero-order valence-electron chi connectivity index (χ0n) is 9.22. The van der Waals surface area contributed by atoms with Crippen LogP contribution < -0.4 is 5.73 Å². The summed E-state index contributed by atoms with van der Waals surface area (Å²) in [6.07, 6.45) is 0.684. The molecule has 82 valence electrons. The van der Waals surface area contributed by atoms with Crippen molar-refractivity contribution in [3.05, 3.63) is 42.0 Å². The van der Waals surface area contributed by atoms with E-state index in [0.29, 0.717) is 13.0 Å². The maximum Gasteiger partial charge on any atom is 0.163 e. The molecule has 0 saturated carbocycles. The molecule has 2 rings (SSSR count). The molecule has 2 aromatic rings. The molecule has 4 heteroatoms. The molecular formula is C12H14N4. The van der Waals surface area contributed by atoms with Crippen molar-refractivity contribution in [3.8, 4) is 11.4 Å². The highest BCUT2D eigenvalue weighted by atomic mass is 15.0. The molecule has 1 heterocycles. The second-order valence-electron chi connectivity index (χ2n) is 3.53. The van der Waals surface area contributed by atoms with Crippen molar-refractivity contribution in [2.75, 3.05) is 6.54 Å². The topological polar surface area (TPSA) is 64.7 Å². The minimum atomic E-state index is 0.553. The second-order valence-corrected chi connectivity index (χ2v) is 3.53. The Bertz CT molecular complexity index is 468. The number of hydrogen-bond donors (Lipinski definition) is 1. The standard InChI is InChI=1S/C12H14N4/c1-9-14-11(7-8-13)16-12(15-9)10-5-3-2-4-6-10/h2-6H,7-8,13H2,1H3. The highest BCUT2D eigenvalue weighted by Crippen LogP contribution is 2.13. The van der Waals surface area contributed by atoms with E-state index in [-0.39, 0.29) is 0 Å². The fourth-order valence-electron chi connectivity index (χ4n) is 1.49. The summed E-state index contributed by atoms with van der Waals surface area (Å²) in [6.45, 7) is 2.42. The van der Waals surface area contributed by atoms with Crippen molar-refractivity contribution in [1.29, 1.82) is 0 Å². The van der Waals surface area contributed by atoms with Gasteiger partial charge in [0.05, 0.1) is 0 Å². The number of hydrogen-bond acceptors (Lipinski definition) is 4. The van der Waals surface area contributed by atoms with Crippen molar-refractivity contribution < 1.29 is 0 Å². The van der Waals surface area contributed by atoms with Crippen molar-refractivity contribution in [2.45, 2.75) is 13.3 Å². The Morgan fingerprint density at radius 1 is 1.06 bits per heavy atom. The summed E-state index contributed by atoms with van der Waals surface area (Å²) < 4.78 is 0. The predicted octanol–water partition coefficient (Wildman–Crippen LogP) is 1.35. The number of benzene rings is 1. The van der Waals surface area contributed by atoms with Crippen LogP contribution in [-0.2, 0) is 6.42 Å². The summed E-state index contributed by atoms with van der Waals surface area (Å²) in [6, 6.07) is 9.88. The fourth-order valence-corrected chi connectivity index (χ4v) is 1.49. The largest absolute Gasteiger partial charge is 0.330 e. The van der Waals surface area contributed by atoms with E-state index in [2.05, 4.69) is 15.0 Å². The lowest BCUT2D eigenvalue weighted by Gasteiger charge is -2.04. The molecule has 0 radical (unpaired) electrons. The maximum atomic E-state index is 5.50. The number of nitrogens with two attached hydrogens (primary N) is 1. The van der Waals surface area contributed by atoms with Gasteiger partial charge in [0.2, 0.25) is 0 Å². The Labute approximate surface area is 94.6 Å². The number of aryl methyl sites for hydroxylation is 1. The third-order valence-corrected chi connectivity index (χ3v) is 2.19. The minimum absolute atomic E-state index is 0.553. The third kappa shape index (κ3) is 2.41. The molecule has 0 aliphatic heterocycles. The Morgan fingerprint density at radius 2 is 1.81 bits per heavy atom. The Balaban J connectivity index is 2.41. The van der Waals surface area contributed by atoms with Gasteiger partial charge in [-0.1, -0.05) is 30.3 Å². The molecule has 0 atom stereocenters. The Hall–Kier alpha value is -1.81. The van der Waals surface area contributed by atoms with Crippen LogP contribution in [0, 0.1) is 6.92 Å². The average molecular weight is 214 g/mol. The van der Waals surface area contributed by atoms with Crippen LogP contribution in [0.2, 0.25) is 0 Å². The zero-order valence-corrected chi connectivity index (χ0v) is 9.22. The van der Waals surface area contributed by atoms with Crippen LogP contribution in [0.25, 0.3) is 11.4 Å². The van der Waals surface area contributed by atoms with Crippen molar-refractivity contribution >= 4 is 0 Å². The van der Waals surface area contributed by atoms with Crippen LogP contribution >= 0.6 is 0 Å². The molecule has 0 fully saturated rings. The number of aromatic nitrogens is 3. The van der Waals surface area contributed by atoms with Gasteiger partial charge in [0.1, 0.15) is 11.6 Å². The summed E-state index contributed by atoms with van der Waals surface area (Å²) in [5.74, 6) is 2.21. The first-order chi connectivity index (χ1) is 7.79. The van der Waals surface area contributed by atoms with Crippen LogP contribution in [0.4, 0.5) is 0 Å². The first-order valence-corrected chi connectivity index (χ1v) is 5.26. The van der Waals surface area contributed by atoms with Gasteiger partial charge < -0.3 is 5.73 Å². The summed E-state index contributed by atoms with van der Waals surface area (Å²) in [4.78, 5) is 13.0. The smallest absolute Gasteiger partial charge is 0.163 e. The van der Waals surface area contributed by atoms with E-state index < -0.39 is 0 Å². The van der Waals surface area contributed by atoms with Gasteiger partial charge in [-0.05, 0) is 13.5 Å². The molecule has 0 unspecified atom stereocenters. The van der Waals surface area contributed by atoms with E-state index in [4.69, 9.17) is 5.73 Å². The van der Waals surface area contributed by atoms with Gasteiger partial charge in [0.25, 0.3) is 0 Å². The number of nitrogens with zero attached hydrogens (tertiary/aromatic N) is 3. The lowest BCUT2D eigenvalue weighted by molar-refractivity contribution is 0.827. The maximum absolute atomic E-state index is 5.50. The van der Waals surface area contributed by atoms with Crippen molar-refractivity contribution in [1.82, 2.24) is 15.0 Å². The molecule has 0 aliphatic rings. The Morgan fingerprint density at radius 3 is 2.50 bits per heavy atom. The minimum Gasteiger partial charge on any atom is -0.330 e. The van der Waals surface area contributed by atoms with Crippen molar-refractivity contribution in [3.63, 3.8) is 0 Å². The van der Waals surface area contributed by atoms with Crippen LogP contribution in [0.15, 0.2) is 30.3 Å². The third-order valence-electron chi connectivity index (χ3n) is 2.19. The summed E-state index contributed by atoms with van der Waals surface area (Å²) in [5.41, 5.74) is 6.50. The molecule has 4 nitrogen and oxygen atoms in total. The van der Waals surface area contributed by atoms with Crippen LogP contribution in [0.1, 0.15) is 11.6 Å². The van der Waals surface area contributed by atoms with E-state index >= 15 is 0 Å². The Kier molecular flexibility index (Phi) is 3.22. The van der Waals surface area contributed by atoms with Gasteiger partial charge >= 0.3 is 0 Å². The van der Waals surface area contributed by atoms with Gasteiger partial charge in [-0.25, -0.2) is 15.0 Å². The van der Waals surface area contributed by atoms with Gasteiger partial charge in [0.15, 0.2) is 5.82 Å². The summed E-state index contributed by atoms with van der Waals surface area (Å²) >= 11 is 0. The second kappa shape index (κ2) is 4.81. The predicted molar refractivity (Wildman–Crippen MR) is 62.8 cm³/mol. The van der Waals surface area contributed by atoms with E-state index in [0.717, 1.165) is 23.0 Å². The first kappa shape index (κ1) is 10.7. The normalized spacial score (nSPS) is 10.4. The van der Waals surface area contributed by atoms with E-state index in [1.807, 2.05) is 37.3 Å². The first-order valence-electron chi connectivity index (χ1n) is 5.26. The van der Waals surface area contributed by atoms with Gasteiger partial charge in [0, 0.05) is 12.0 Å². The molecule has 0 saturated heterocycles. The molecule has 0 bridgehead atoms. The van der Waals surface area contributed by atoms with Crippen molar-refractivity contribution in [2.24, 2.45) is 5.73 Å². The molecule has 1 aromatic carbocycles. The van der Waals surface area contributed by atoms with Gasteiger partial charge in [-0.2, -0.15) is 0 Å². The van der Waals surface area contributed by atoms with E-state index in [9.17, 15) is 0 Å². The SMILES string of the molecule is Cc1nc(CCN)nc(-c2ccccc2)n1. The molecule has 0 amide bonds. The molecule has 0 spiro atoms. The van der Waals surface area contributed by atoms with Gasteiger partial charge in [-0.15, -0.1) is 0 Å². The van der Waals surface area contributed by atoms with E-state index in [1.54, 1.807) is 0 Å². The lowest BCUT2D eigenvalue weighted by Crippen LogP contribution is -2.09. The lowest BCUT2D eigenvalue weighted by atomic mass is 10.2. The van der Waals surface area contributed by atoms with Crippen LogP contribution in [-0.4, -0.2) is 21.5 Å². The quantitative estimate of drug-likeness (QED) is 0.837. The van der Waals surface area contributed by atoms with Crippen LogP contribution in [0.3, 0.4) is 0 Å². The van der Waals surface area contributed by atoms with E-state index in [1.165, 1.54) is 0 Å². The highest BCUT2D eigenvalue weighted by molar-refractivity contribution is 5.54. The zero-order chi connectivity index (χ0) is 11.4. The summed E-state index contributed by atoms with van der Waals surface area (Å²) in [7, 11) is 0. The molecular weight excluding hydrogens is 200 g/mol. The molecule has 0 aliphatic carbocycles.